The van der Waals surface area contributed by atoms with Crippen LogP contribution in [-0.2, 0) is 17.1 Å². The first kappa shape index (κ1) is 21.3. The van der Waals surface area contributed by atoms with E-state index in [-0.39, 0.29) is 28.6 Å². The molecule has 0 N–H and O–H groups in total. The lowest BCUT2D eigenvalue weighted by Gasteiger charge is -2.36. The van der Waals surface area contributed by atoms with Gasteiger partial charge in [0.15, 0.2) is 5.58 Å². The van der Waals surface area contributed by atoms with Crippen molar-refractivity contribution in [3.63, 3.8) is 0 Å². The van der Waals surface area contributed by atoms with Gasteiger partial charge in [0.25, 0.3) is 0 Å². The van der Waals surface area contributed by atoms with Crippen molar-refractivity contribution < 1.29 is 12.8 Å². The summed E-state index contributed by atoms with van der Waals surface area (Å²) < 4.78 is 34.4. The zero-order valence-electron chi connectivity index (χ0n) is 17.0. The van der Waals surface area contributed by atoms with Crippen LogP contribution in [0.1, 0.15) is 0 Å². The molecule has 0 bridgehead atoms. The largest absolute Gasteiger partial charge is 0.419 e. The summed E-state index contributed by atoms with van der Waals surface area (Å²) in [5.74, 6) is -0.579. The molecule has 0 spiro atoms. The Morgan fingerprint density at radius 3 is 2.53 bits per heavy atom. The molecule has 5 rings (SSSR count). The average molecular weight is 493 g/mol. The third-order valence-corrected chi connectivity index (χ3v) is 8.32. The second kappa shape index (κ2) is 7.77. The molecule has 3 heterocycles. The highest BCUT2D eigenvalue weighted by Gasteiger charge is 2.31. The van der Waals surface area contributed by atoms with Crippen molar-refractivity contribution in [2.45, 2.75) is 4.90 Å². The Bertz CT molecular complexity index is 1520. The standard InChI is InChI=1S/C21H18Cl2N4O4S/c1-25-18-11-15(23)20(12-19(18)31-21(25)28)32(29,30)27-8-6-26(7-9-27)17-4-5-24-16-10-13(22)2-3-14(16)17/h2-5,10-12H,6-9H2,1H3. The summed E-state index contributed by atoms with van der Waals surface area (Å²) in [5.41, 5.74) is 2.39. The van der Waals surface area contributed by atoms with Gasteiger partial charge in [-0.05, 0) is 30.3 Å². The van der Waals surface area contributed by atoms with Crippen LogP contribution in [0.5, 0.6) is 0 Å². The van der Waals surface area contributed by atoms with Crippen LogP contribution in [0.15, 0.2) is 56.7 Å². The Labute approximate surface area is 193 Å². The SMILES string of the molecule is Cn1c(=O)oc2cc(S(=O)(=O)N3CCN(c4ccnc5cc(Cl)ccc45)CC3)c(Cl)cc21. The molecule has 0 saturated carbocycles. The minimum atomic E-state index is -3.87. The fourth-order valence-electron chi connectivity index (χ4n) is 4.02. The minimum Gasteiger partial charge on any atom is -0.408 e. The number of piperazine rings is 1. The lowest BCUT2D eigenvalue weighted by molar-refractivity contribution is 0.385. The lowest BCUT2D eigenvalue weighted by atomic mass is 10.1. The molecule has 1 saturated heterocycles. The second-order valence-electron chi connectivity index (χ2n) is 7.56. The lowest BCUT2D eigenvalue weighted by Crippen LogP contribution is -2.48. The van der Waals surface area contributed by atoms with E-state index in [2.05, 4.69) is 9.88 Å². The van der Waals surface area contributed by atoms with Crippen LogP contribution in [0.25, 0.3) is 22.0 Å². The van der Waals surface area contributed by atoms with Crippen LogP contribution in [0, 0.1) is 0 Å². The summed E-state index contributed by atoms with van der Waals surface area (Å²) in [7, 11) is -2.33. The molecule has 32 heavy (non-hydrogen) atoms. The van der Waals surface area contributed by atoms with Crippen molar-refractivity contribution in [2.24, 2.45) is 7.05 Å². The van der Waals surface area contributed by atoms with Crippen molar-refractivity contribution in [1.82, 2.24) is 13.9 Å². The minimum absolute atomic E-state index is 0.0494. The molecule has 1 fully saturated rings. The van der Waals surface area contributed by atoms with E-state index in [0.717, 1.165) is 16.6 Å². The van der Waals surface area contributed by atoms with Crippen molar-refractivity contribution in [2.75, 3.05) is 31.1 Å². The highest BCUT2D eigenvalue weighted by molar-refractivity contribution is 7.89. The number of fused-ring (bicyclic) bond motifs is 2. The van der Waals surface area contributed by atoms with Gasteiger partial charge in [-0.1, -0.05) is 23.2 Å². The molecule has 1 aliphatic heterocycles. The van der Waals surface area contributed by atoms with Gasteiger partial charge in [-0.2, -0.15) is 4.31 Å². The van der Waals surface area contributed by atoms with E-state index in [4.69, 9.17) is 27.6 Å². The summed E-state index contributed by atoms with van der Waals surface area (Å²) in [6.07, 6.45) is 1.72. The van der Waals surface area contributed by atoms with Gasteiger partial charge >= 0.3 is 5.76 Å². The van der Waals surface area contributed by atoms with Crippen molar-refractivity contribution in [3.05, 3.63) is 63.2 Å². The molecule has 166 valence electrons. The van der Waals surface area contributed by atoms with Crippen molar-refractivity contribution in [1.29, 1.82) is 0 Å². The van der Waals surface area contributed by atoms with E-state index < -0.39 is 15.8 Å². The Hall–Kier alpha value is -2.59. The number of halogens is 2. The van der Waals surface area contributed by atoms with Gasteiger partial charge in [0, 0.05) is 61.6 Å². The number of hydrogen-bond acceptors (Lipinski definition) is 6. The number of benzene rings is 2. The molecule has 8 nitrogen and oxygen atoms in total. The predicted molar refractivity (Wildman–Crippen MR) is 124 cm³/mol. The Morgan fingerprint density at radius 1 is 1.03 bits per heavy atom. The fraction of sp³-hybridized carbons (Fsp3) is 0.238. The van der Waals surface area contributed by atoms with Gasteiger partial charge in [-0.3, -0.25) is 9.55 Å². The van der Waals surface area contributed by atoms with Gasteiger partial charge in [-0.25, -0.2) is 13.2 Å². The van der Waals surface area contributed by atoms with E-state index in [1.165, 1.54) is 28.1 Å². The number of pyridine rings is 1. The number of rotatable bonds is 3. The first-order valence-electron chi connectivity index (χ1n) is 9.84. The van der Waals surface area contributed by atoms with E-state index in [9.17, 15) is 13.2 Å². The van der Waals surface area contributed by atoms with Gasteiger partial charge in [-0.15, -0.1) is 0 Å². The van der Waals surface area contributed by atoms with E-state index in [1.807, 2.05) is 18.2 Å². The molecule has 0 atom stereocenters. The normalized spacial score (nSPS) is 15.7. The molecule has 2 aromatic heterocycles. The molecule has 0 aliphatic carbocycles. The number of anilines is 1. The highest BCUT2D eigenvalue weighted by atomic mass is 35.5. The third-order valence-electron chi connectivity index (χ3n) is 5.72. The predicted octanol–water partition coefficient (Wildman–Crippen LogP) is 3.50. The molecular weight excluding hydrogens is 475 g/mol. The number of oxazole rings is 1. The quantitative estimate of drug-likeness (QED) is 0.434. The first-order chi connectivity index (χ1) is 15.3. The maximum atomic E-state index is 13.3. The van der Waals surface area contributed by atoms with Crippen LogP contribution < -0.4 is 10.7 Å². The van der Waals surface area contributed by atoms with Crippen LogP contribution >= 0.6 is 23.2 Å². The second-order valence-corrected chi connectivity index (χ2v) is 10.3. The van der Waals surface area contributed by atoms with Crippen molar-refractivity contribution >= 4 is 60.9 Å². The molecule has 1 aliphatic rings. The first-order valence-corrected chi connectivity index (χ1v) is 12.0. The third kappa shape index (κ3) is 3.45. The zero-order chi connectivity index (χ0) is 22.6. The molecule has 0 radical (unpaired) electrons. The van der Waals surface area contributed by atoms with E-state index >= 15 is 0 Å². The molecule has 11 heteroatoms. The molecule has 2 aromatic carbocycles. The van der Waals surface area contributed by atoms with E-state index in [0.29, 0.717) is 23.6 Å². The van der Waals surface area contributed by atoms with Crippen LogP contribution in [-0.4, -0.2) is 48.5 Å². The number of sulfonamides is 1. The van der Waals surface area contributed by atoms with Crippen LogP contribution in [0.2, 0.25) is 10.0 Å². The van der Waals surface area contributed by atoms with Crippen LogP contribution in [0.3, 0.4) is 0 Å². The summed E-state index contributed by atoms with van der Waals surface area (Å²) in [6.45, 7) is 1.57. The van der Waals surface area contributed by atoms with Crippen molar-refractivity contribution in [3.8, 4) is 0 Å². The number of aromatic nitrogens is 2. The fourth-order valence-corrected chi connectivity index (χ4v) is 6.12. The topological polar surface area (TPSA) is 88.6 Å². The molecule has 0 amide bonds. The Balaban J connectivity index is 1.42. The monoisotopic (exact) mass is 492 g/mol. The zero-order valence-corrected chi connectivity index (χ0v) is 19.3. The van der Waals surface area contributed by atoms with E-state index in [1.54, 1.807) is 12.3 Å². The molecule has 4 aromatic rings. The number of nitrogens with zero attached hydrogens (tertiary/aromatic N) is 4. The summed E-state index contributed by atoms with van der Waals surface area (Å²) >= 11 is 12.4. The van der Waals surface area contributed by atoms with Crippen LogP contribution in [0.4, 0.5) is 5.69 Å². The Kier molecular flexibility index (Phi) is 5.16. The Morgan fingerprint density at radius 2 is 1.78 bits per heavy atom. The summed E-state index contributed by atoms with van der Waals surface area (Å²) in [5, 5.41) is 1.62. The molecule has 0 unspecified atom stereocenters. The smallest absolute Gasteiger partial charge is 0.408 e. The van der Waals surface area contributed by atoms with Gasteiger partial charge in [0.05, 0.1) is 16.1 Å². The highest BCUT2D eigenvalue weighted by Crippen LogP contribution is 2.32. The van der Waals surface area contributed by atoms with Gasteiger partial charge < -0.3 is 9.32 Å². The van der Waals surface area contributed by atoms with Gasteiger partial charge in [0.1, 0.15) is 4.90 Å². The van der Waals surface area contributed by atoms with Gasteiger partial charge in [0.2, 0.25) is 10.0 Å². The number of hydrogen-bond donors (Lipinski definition) is 0. The maximum Gasteiger partial charge on any atom is 0.419 e. The average Bonchev–Trinajstić information content (AvgIpc) is 3.05. The number of aryl methyl sites for hydroxylation is 1. The maximum absolute atomic E-state index is 13.3. The molecular formula is C21H18Cl2N4O4S. The summed E-state index contributed by atoms with van der Waals surface area (Å²) in [6, 6.07) is 10.2. The summed E-state index contributed by atoms with van der Waals surface area (Å²) in [4.78, 5) is 18.2.